The van der Waals surface area contributed by atoms with E-state index in [1.54, 1.807) is 0 Å². The molecule has 2 aliphatic rings. The molecule has 0 aromatic carbocycles. The van der Waals surface area contributed by atoms with Gasteiger partial charge in [-0.05, 0) is 25.3 Å². The molecule has 2 rings (SSSR count). The maximum atomic E-state index is 3.81. The predicted octanol–water partition coefficient (Wildman–Crippen LogP) is 4.17. The molecule has 1 saturated heterocycles. The van der Waals surface area contributed by atoms with Gasteiger partial charge in [-0.1, -0.05) is 39.5 Å². The van der Waals surface area contributed by atoms with E-state index in [9.17, 15) is 0 Å². The lowest BCUT2D eigenvalue weighted by molar-refractivity contribution is 0.378. The average Bonchev–Trinajstić information content (AvgIpc) is 2.91. The molecule has 1 heterocycles. The van der Waals surface area contributed by atoms with Crippen LogP contribution in [0.15, 0.2) is 0 Å². The first-order valence-electron chi connectivity index (χ1n) is 7.81. The molecule has 1 aliphatic heterocycles. The second-order valence-electron chi connectivity index (χ2n) is 5.70. The molecular weight excluding hydrogens is 258 g/mol. The Hall–Kier alpha value is 0.660. The molecular formula is C15H29NS2. The first-order valence-corrected chi connectivity index (χ1v) is 9.91. The minimum atomic E-state index is 0.765. The summed E-state index contributed by atoms with van der Waals surface area (Å²) in [7, 11) is 0. The molecule has 18 heavy (non-hydrogen) atoms. The third-order valence-corrected chi connectivity index (χ3v) is 7.83. The molecule has 0 spiro atoms. The van der Waals surface area contributed by atoms with Gasteiger partial charge in [-0.3, -0.25) is 0 Å². The average molecular weight is 288 g/mol. The van der Waals surface area contributed by atoms with E-state index < -0.39 is 0 Å². The number of hydrogen-bond acceptors (Lipinski definition) is 3. The summed E-state index contributed by atoms with van der Waals surface area (Å²) >= 11 is 4.47. The van der Waals surface area contributed by atoms with Crippen LogP contribution in [0.4, 0.5) is 0 Å². The molecule has 2 fully saturated rings. The maximum absolute atomic E-state index is 3.81. The fourth-order valence-corrected chi connectivity index (χ4v) is 6.79. The normalized spacial score (nSPS) is 31.7. The van der Waals surface area contributed by atoms with Crippen LogP contribution in [0.3, 0.4) is 0 Å². The Labute approximate surface area is 122 Å². The van der Waals surface area contributed by atoms with Gasteiger partial charge >= 0.3 is 0 Å². The summed E-state index contributed by atoms with van der Waals surface area (Å²) in [4.78, 5) is 0. The van der Waals surface area contributed by atoms with Gasteiger partial charge in [0.1, 0.15) is 0 Å². The first kappa shape index (κ1) is 15.1. The van der Waals surface area contributed by atoms with E-state index in [-0.39, 0.29) is 0 Å². The van der Waals surface area contributed by atoms with Crippen molar-refractivity contribution >= 4 is 23.5 Å². The second kappa shape index (κ2) is 8.06. The molecule has 0 radical (unpaired) electrons. The molecule has 0 aromatic heterocycles. The van der Waals surface area contributed by atoms with Crippen LogP contribution >= 0.6 is 23.5 Å². The van der Waals surface area contributed by atoms with Gasteiger partial charge in [0.2, 0.25) is 0 Å². The highest BCUT2D eigenvalue weighted by Gasteiger charge is 2.33. The van der Waals surface area contributed by atoms with Crippen LogP contribution in [0.1, 0.15) is 52.4 Å². The Morgan fingerprint density at radius 1 is 1.11 bits per heavy atom. The van der Waals surface area contributed by atoms with Crippen molar-refractivity contribution in [3.63, 3.8) is 0 Å². The summed E-state index contributed by atoms with van der Waals surface area (Å²) in [6.07, 6.45) is 8.71. The predicted molar refractivity (Wildman–Crippen MR) is 86.8 cm³/mol. The zero-order valence-corrected chi connectivity index (χ0v) is 13.6. The molecule has 1 saturated carbocycles. The minimum absolute atomic E-state index is 0.765. The van der Waals surface area contributed by atoms with Gasteiger partial charge in [0, 0.05) is 28.0 Å². The van der Waals surface area contributed by atoms with Gasteiger partial charge < -0.3 is 5.32 Å². The van der Waals surface area contributed by atoms with Gasteiger partial charge in [-0.25, -0.2) is 0 Å². The van der Waals surface area contributed by atoms with Crippen molar-refractivity contribution in [3.8, 4) is 0 Å². The van der Waals surface area contributed by atoms with E-state index in [0.29, 0.717) is 0 Å². The summed E-state index contributed by atoms with van der Waals surface area (Å²) in [6, 6.07) is 0.765. The lowest BCUT2D eigenvalue weighted by Crippen LogP contribution is -2.45. The largest absolute Gasteiger partial charge is 0.313 e. The summed E-state index contributed by atoms with van der Waals surface area (Å²) in [5, 5.41) is 5.55. The SMILES string of the molecule is CCNC(CC1CCCC1)C1SCCSC1CC. The summed E-state index contributed by atoms with van der Waals surface area (Å²) in [5.74, 6) is 3.74. The monoisotopic (exact) mass is 287 g/mol. The Bertz CT molecular complexity index is 229. The van der Waals surface area contributed by atoms with Crippen LogP contribution in [-0.2, 0) is 0 Å². The number of hydrogen-bond donors (Lipinski definition) is 1. The summed E-state index contributed by atoms with van der Waals surface area (Å²) in [5.41, 5.74) is 0. The van der Waals surface area contributed by atoms with Crippen LogP contribution in [0.2, 0.25) is 0 Å². The van der Waals surface area contributed by atoms with Crippen LogP contribution in [0.25, 0.3) is 0 Å². The van der Waals surface area contributed by atoms with Crippen molar-refractivity contribution in [1.29, 1.82) is 0 Å². The Morgan fingerprint density at radius 2 is 1.83 bits per heavy atom. The van der Waals surface area contributed by atoms with E-state index in [2.05, 4.69) is 42.7 Å². The van der Waals surface area contributed by atoms with E-state index >= 15 is 0 Å². The topological polar surface area (TPSA) is 12.0 Å². The van der Waals surface area contributed by atoms with Crippen molar-refractivity contribution in [2.45, 2.75) is 68.9 Å². The molecule has 0 bridgehead atoms. The standard InChI is InChI=1S/C15H29NS2/c1-3-14-15(18-10-9-17-14)13(16-4-2)11-12-7-5-6-8-12/h12-16H,3-11H2,1-2H3. The highest BCUT2D eigenvalue weighted by Crippen LogP contribution is 2.38. The zero-order chi connectivity index (χ0) is 12.8. The molecule has 3 unspecified atom stereocenters. The van der Waals surface area contributed by atoms with Crippen LogP contribution in [0.5, 0.6) is 0 Å². The highest BCUT2D eigenvalue weighted by molar-refractivity contribution is 8.07. The molecule has 3 heteroatoms. The van der Waals surface area contributed by atoms with Crippen molar-refractivity contribution in [2.75, 3.05) is 18.1 Å². The Kier molecular flexibility index (Phi) is 6.74. The van der Waals surface area contributed by atoms with E-state index in [1.165, 1.54) is 50.0 Å². The summed E-state index contributed by atoms with van der Waals surface area (Å²) in [6.45, 7) is 5.77. The van der Waals surface area contributed by atoms with Crippen LogP contribution in [0, 0.1) is 5.92 Å². The summed E-state index contributed by atoms with van der Waals surface area (Å²) < 4.78 is 0. The van der Waals surface area contributed by atoms with Crippen molar-refractivity contribution < 1.29 is 0 Å². The van der Waals surface area contributed by atoms with E-state index in [1.807, 2.05) is 0 Å². The fourth-order valence-electron chi connectivity index (χ4n) is 3.51. The molecule has 1 aliphatic carbocycles. The van der Waals surface area contributed by atoms with Gasteiger partial charge in [0.25, 0.3) is 0 Å². The maximum Gasteiger partial charge on any atom is 0.0320 e. The van der Waals surface area contributed by atoms with E-state index in [4.69, 9.17) is 0 Å². The Balaban J connectivity index is 1.93. The van der Waals surface area contributed by atoms with Gasteiger partial charge in [0.05, 0.1) is 0 Å². The van der Waals surface area contributed by atoms with Crippen molar-refractivity contribution in [2.24, 2.45) is 5.92 Å². The number of thioether (sulfide) groups is 2. The number of rotatable bonds is 6. The molecule has 3 atom stereocenters. The van der Waals surface area contributed by atoms with E-state index in [0.717, 1.165) is 29.0 Å². The van der Waals surface area contributed by atoms with Gasteiger partial charge in [0.15, 0.2) is 0 Å². The third-order valence-electron chi connectivity index (χ3n) is 4.42. The van der Waals surface area contributed by atoms with Crippen LogP contribution < -0.4 is 5.32 Å². The molecule has 106 valence electrons. The first-order chi connectivity index (χ1) is 8.85. The zero-order valence-electron chi connectivity index (χ0n) is 12.0. The van der Waals surface area contributed by atoms with Gasteiger partial charge in [-0.2, -0.15) is 23.5 Å². The third kappa shape index (κ3) is 4.08. The minimum Gasteiger partial charge on any atom is -0.313 e. The smallest absolute Gasteiger partial charge is 0.0320 e. The quantitative estimate of drug-likeness (QED) is 0.787. The molecule has 1 nitrogen and oxygen atoms in total. The van der Waals surface area contributed by atoms with Crippen molar-refractivity contribution in [3.05, 3.63) is 0 Å². The lowest BCUT2D eigenvalue weighted by atomic mass is 9.94. The number of nitrogens with one attached hydrogen (secondary N) is 1. The lowest BCUT2D eigenvalue weighted by Gasteiger charge is -2.37. The van der Waals surface area contributed by atoms with Crippen molar-refractivity contribution in [1.82, 2.24) is 5.32 Å². The van der Waals surface area contributed by atoms with Crippen LogP contribution in [-0.4, -0.2) is 34.6 Å². The highest BCUT2D eigenvalue weighted by atomic mass is 32.2. The molecule has 0 amide bonds. The fraction of sp³-hybridized carbons (Fsp3) is 1.00. The van der Waals surface area contributed by atoms with Gasteiger partial charge in [-0.15, -0.1) is 0 Å². The Morgan fingerprint density at radius 3 is 2.50 bits per heavy atom. The molecule has 0 aromatic rings. The second-order valence-corrected chi connectivity index (χ2v) is 8.34. The molecule has 1 N–H and O–H groups in total.